The molecule has 0 unspecified atom stereocenters. The number of nitrogens with one attached hydrogen (secondary N) is 4. The number of amides is 4. The first-order valence-electron chi connectivity index (χ1n) is 19.8. The van der Waals surface area contributed by atoms with Crippen molar-refractivity contribution in [2.24, 2.45) is 0 Å². The van der Waals surface area contributed by atoms with Crippen molar-refractivity contribution in [1.29, 1.82) is 0 Å². The number of rotatable bonds is 11. The average molecular weight is 795 g/mol. The number of aromatic amines is 2. The molecule has 8 rings (SSSR count). The van der Waals surface area contributed by atoms with Gasteiger partial charge in [-0.25, -0.2) is 19.6 Å². The summed E-state index contributed by atoms with van der Waals surface area (Å²) < 4.78 is 9.66. The molecule has 4 aromatic carbocycles. The molecule has 0 saturated carbocycles. The second-order valence-electron chi connectivity index (χ2n) is 14.8. The molecule has 4 N–H and O–H groups in total. The number of benzene rings is 4. The Hall–Kier alpha value is -6.96. The van der Waals surface area contributed by atoms with E-state index in [1.54, 1.807) is 9.80 Å². The first-order valence-corrected chi connectivity index (χ1v) is 19.8. The maximum Gasteiger partial charge on any atom is 0.407 e. The number of carbonyl (C=O) groups is 4. The molecule has 2 saturated heterocycles. The number of fused-ring (bicyclic) bond motifs is 2. The minimum atomic E-state index is -0.883. The van der Waals surface area contributed by atoms with Crippen LogP contribution in [0.3, 0.4) is 0 Å². The van der Waals surface area contributed by atoms with Gasteiger partial charge >= 0.3 is 12.2 Å². The standard InChI is InChI=1S/C45H46N8O6/c1-58-44(56)50-38(30-14-5-3-6-15-30)42(54)52-24-10-18-36(52)40-46-32-22-20-28(26-34(32)48-40)12-9-13-29-21-23-33-35(27-29)49-41(47-33)37-19-11-25-53(37)43(55)39(51-45(57)59-2)31-16-7-4-8-17-31/h3-9,12,14-17,20-23,26-27,36-39H,10-11,13,18-19,24-25H2,1-2H3,(H,46,48)(H,47,49)(H,50,56)(H,51,57)/t36-,37-,38+,39+/m0/s1. The van der Waals surface area contributed by atoms with Gasteiger partial charge in [-0.2, -0.15) is 0 Å². The Morgan fingerprint density at radius 2 is 1.24 bits per heavy atom. The van der Waals surface area contributed by atoms with Crippen LogP contribution in [-0.2, 0) is 25.5 Å². The van der Waals surface area contributed by atoms with Crippen molar-refractivity contribution in [2.75, 3.05) is 27.3 Å². The second-order valence-corrected chi connectivity index (χ2v) is 14.8. The van der Waals surface area contributed by atoms with E-state index in [-0.39, 0.29) is 23.9 Å². The molecule has 302 valence electrons. The van der Waals surface area contributed by atoms with Gasteiger partial charge in [0.25, 0.3) is 11.8 Å². The zero-order valence-electron chi connectivity index (χ0n) is 32.9. The van der Waals surface area contributed by atoms with E-state index in [1.165, 1.54) is 14.2 Å². The first-order chi connectivity index (χ1) is 28.8. The maximum absolute atomic E-state index is 13.9. The summed E-state index contributed by atoms with van der Waals surface area (Å²) in [6.45, 7) is 1.11. The van der Waals surface area contributed by atoms with Gasteiger partial charge < -0.3 is 39.9 Å². The Labute approximate surface area is 341 Å². The minimum Gasteiger partial charge on any atom is -0.453 e. The molecular weight excluding hydrogens is 749 g/mol. The van der Waals surface area contributed by atoms with Crippen LogP contribution in [0, 0.1) is 0 Å². The lowest BCUT2D eigenvalue weighted by Crippen LogP contribution is -2.42. The van der Waals surface area contributed by atoms with Crippen LogP contribution in [0.25, 0.3) is 28.1 Å². The number of likely N-dealkylation sites (tertiary alicyclic amines) is 2. The summed E-state index contributed by atoms with van der Waals surface area (Å²) in [6, 6.07) is 28.3. The molecule has 59 heavy (non-hydrogen) atoms. The van der Waals surface area contributed by atoms with Gasteiger partial charge in [0.15, 0.2) is 0 Å². The fourth-order valence-electron chi connectivity index (χ4n) is 8.18. The molecule has 0 aliphatic carbocycles. The van der Waals surface area contributed by atoms with Gasteiger partial charge in [-0.1, -0.05) is 84.9 Å². The number of allylic oxidation sites excluding steroid dienone is 1. The van der Waals surface area contributed by atoms with Gasteiger partial charge in [0.05, 0.1) is 48.4 Å². The van der Waals surface area contributed by atoms with E-state index in [2.05, 4.69) is 51.0 Å². The fourth-order valence-corrected chi connectivity index (χ4v) is 8.18. The normalized spacial score (nSPS) is 17.7. The molecule has 2 fully saturated rings. The van der Waals surface area contributed by atoms with E-state index in [1.807, 2.05) is 78.9 Å². The van der Waals surface area contributed by atoms with Crippen molar-refractivity contribution in [2.45, 2.75) is 56.3 Å². The molecule has 0 radical (unpaired) electrons. The lowest BCUT2D eigenvalue weighted by atomic mass is 10.1. The first kappa shape index (κ1) is 38.9. The summed E-state index contributed by atoms with van der Waals surface area (Å²) in [7, 11) is 2.56. The SMILES string of the molecule is COC(=O)N[C@@H](C(=O)N1CCC[C@H]1c1nc2cc(CC=Cc3ccc4nc([C@@H]5CCCN5C(=O)[C@H](NC(=O)OC)c5ccccc5)[nH]c4c3)ccc2[nH]1)c1ccccc1. The molecule has 14 nitrogen and oxygen atoms in total. The van der Waals surface area contributed by atoms with E-state index in [0.717, 1.165) is 64.7 Å². The van der Waals surface area contributed by atoms with Crippen LogP contribution >= 0.6 is 0 Å². The lowest BCUT2D eigenvalue weighted by molar-refractivity contribution is -0.135. The summed E-state index contributed by atoms with van der Waals surface area (Å²) in [5.41, 5.74) is 6.83. The van der Waals surface area contributed by atoms with E-state index >= 15 is 0 Å². The van der Waals surface area contributed by atoms with E-state index in [0.29, 0.717) is 36.5 Å². The van der Waals surface area contributed by atoms with Crippen LogP contribution in [-0.4, -0.2) is 81.0 Å². The smallest absolute Gasteiger partial charge is 0.407 e. The maximum atomic E-state index is 13.9. The minimum absolute atomic E-state index is 0.211. The Balaban J connectivity index is 0.941. The number of nitrogens with zero attached hydrogens (tertiary/aromatic N) is 4. The van der Waals surface area contributed by atoms with Gasteiger partial charge in [0.2, 0.25) is 0 Å². The number of imidazole rings is 2. The molecule has 6 aromatic rings. The Bertz CT molecular complexity index is 2500. The van der Waals surface area contributed by atoms with E-state index in [4.69, 9.17) is 19.4 Å². The number of aromatic nitrogens is 4. The molecule has 2 aliphatic rings. The molecule has 14 heteroatoms. The van der Waals surface area contributed by atoms with Crippen LogP contribution in [0.1, 0.15) is 83.8 Å². The lowest BCUT2D eigenvalue weighted by Gasteiger charge is -2.28. The predicted molar refractivity (Wildman–Crippen MR) is 222 cm³/mol. The highest BCUT2D eigenvalue weighted by molar-refractivity contribution is 5.88. The quantitative estimate of drug-likeness (QED) is 0.106. The molecule has 2 aliphatic heterocycles. The summed E-state index contributed by atoms with van der Waals surface area (Å²) in [4.78, 5) is 72.6. The van der Waals surface area contributed by atoms with Crippen molar-refractivity contribution in [1.82, 2.24) is 40.4 Å². The van der Waals surface area contributed by atoms with Gasteiger partial charge in [-0.3, -0.25) is 9.59 Å². The molecular formula is C45H46N8O6. The molecule has 4 amide bonds. The Morgan fingerprint density at radius 1 is 0.695 bits per heavy atom. The number of alkyl carbamates (subject to hydrolysis) is 2. The molecule has 2 aromatic heterocycles. The topological polar surface area (TPSA) is 175 Å². The Kier molecular flexibility index (Phi) is 11.4. The zero-order chi connectivity index (χ0) is 40.9. The summed E-state index contributed by atoms with van der Waals surface area (Å²) in [5.74, 6) is 1.00. The van der Waals surface area contributed by atoms with Gasteiger partial charge in [-0.05, 0) is 78.6 Å². The third kappa shape index (κ3) is 8.38. The summed E-state index contributed by atoms with van der Waals surface area (Å²) >= 11 is 0. The van der Waals surface area contributed by atoms with Crippen LogP contribution < -0.4 is 10.6 Å². The van der Waals surface area contributed by atoms with Gasteiger partial charge in [-0.15, -0.1) is 0 Å². The summed E-state index contributed by atoms with van der Waals surface area (Å²) in [5, 5.41) is 5.43. The monoisotopic (exact) mass is 794 g/mol. The highest BCUT2D eigenvalue weighted by atomic mass is 16.5. The largest absolute Gasteiger partial charge is 0.453 e. The van der Waals surface area contributed by atoms with Crippen LogP contribution in [0.2, 0.25) is 0 Å². The number of methoxy groups -OCH3 is 2. The highest BCUT2D eigenvalue weighted by Crippen LogP contribution is 2.36. The van der Waals surface area contributed by atoms with Crippen molar-refractivity contribution < 1.29 is 28.7 Å². The van der Waals surface area contributed by atoms with Gasteiger partial charge in [0.1, 0.15) is 23.7 Å². The molecule has 0 spiro atoms. The average Bonchev–Trinajstić information content (AvgIpc) is 4.10. The summed E-state index contributed by atoms with van der Waals surface area (Å²) in [6.07, 6.45) is 6.65. The Morgan fingerprint density at radius 3 is 1.80 bits per heavy atom. The fraction of sp³-hybridized carbons (Fsp3) is 0.289. The van der Waals surface area contributed by atoms with Crippen molar-refractivity contribution in [3.63, 3.8) is 0 Å². The van der Waals surface area contributed by atoms with Crippen molar-refractivity contribution in [3.8, 4) is 0 Å². The number of ether oxygens (including phenoxy) is 2. The number of H-pyrrole nitrogens is 2. The third-order valence-corrected chi connectivity index (χ3v) is 11.1. The molecule has 0 bridgehead atoms. The third-order valence-electron chi connectivity index (χ3n) is 11.1. The number of carbonyl (C=O) groups excluding carboxylic acids is 4. The van der Waals surface area contributed by atoms with E-state index in [9.17, 15) is 19.2 Å². The number of hydrogen-bond acceptors (Lipinski definition) is 8. The van der Waals surface area contributed by atoms with E-state index < -0.39 is 24.3 Å². The zero-order valence-corrected chi connectivity index (χ0v) is 32.9. The molecule has 4 heterocycles. The van der Waals surface area contributed by atoms with Crippen molar-refractivity contribution in [3.05, 3.63) is 137 Å². The molecule has 4 atom stereocenters. The predicted octanol–water partition coefficient (Wildman–Crippen LogP) is 7.22. The van der Waals surface area contributed by atoms with Gasteiger partial charge in [0, 0.05) is 13.1 Å². The van der Waals surface area contributed by atoms with Crippen LogP contribution in [0.15, 0.2) is 103 Å². The highest BCUT2D eigenvalue weighted by Gasteiger charge is 2.38. The van der Waals surface area contributed by atoms with Crippen LogP contribution in [0.5, 0.6) is 0 Å². The number of hydrogen-bond donors (Lipinski definition) is 4. The second kappa shape index (κ2) is 17.3. The van der Waals surface area contributed by atoms with Crippen LogP contribution in [0.4, 0.5) is 9.59 Å². The van der Waals surface area contributed by atoms with Crippen molar-refractivity contribution >= 4 is 52.1 Å².